The van der Waals surface area contributed by atoms with Crippen LogP contribution in [0.15, 0.2) is 66.4 Å². The highest BCUT2D eigenvalue weighted by Gasteiger charge is 1.83. The SMILES string of the molecule is Brc1ccc(Br)cc1.Brc1ccc(Br)cc1.C=O. The van der Waals surface area contributed by atoms with Gasteiger partial charge in [-0.25, -0.2) is 0 Å². The molecule has 0 saturated carbocycles. The molecule has 0 amide bonds. The molecule has 0 unspecified atom stereocenters. The molecule has 18 heavy (non-hydrogen) atoms. The first kappa shape index (κ1) is 18.0. The molecule has 0 heterocycles. The van der Waals surface area contributed by atoms with E-state index in [0.717, 1.165) is 17.9 Å². The van der Waals surface area contributed by atoms with Crippen LogP contribution in [0.25, 0.3) is 0 Å². The topological polar surface area (TPSA) is 17.1 Å². The standard InChI is InChI=1S/2C6H4Br2.CH2O/c2*7-5-1-2-6(8)4-3-5;1-2/h2*1-4H;1H2. The van der Waals surface area contributed by atoms with Gasteiger partial charge in [0.2, 0.25) is 0 Å². The van der Waals surface area contributed by atoms with Gasteiger partial charge in [0.25, 0.3) is 0 Å². The molecule has 0 spiro atoms. The summed E-state index contributed by atoms with van der Waals surface area (Å²) < 4.78 is 4.45. The van der Waals surface area contributed by atoms with Crippen LogP contribution in [0, 0.1) is 0 Å². The summed E-state index contributed by atoms with van der Waals surface area (Å²) in [7, 11) is 0. The van der Waals surface area contributed by atoms with Crippen molar-refractivity contribution in [3.8, 4) is 0 Å². The van der Waals surface area contributed by atoms with E-state index in [9.17, 15) is 0 Å². The van der Waals surface area contributed by atoms with Crippen LogP contribution in [0.2, 0.25) is 0 Å². The van der Waals surface area contributed by atoms with Crippen LogP contribution in [0.1, 0.15) is 0 Å². The van der Waals surface area contributed by atoms with Gasteiger partial charge in [-0.05, 0) is 48.5 Å². The highest BCUT2D eigenvalue weighted by molar-refractivity contribution is 9.11. The van der Waals surface area contributed by atoms with Gasteiger partial charge in [-0.3, -0.25) is 0 Å². The van der Waals surface area contributed by atoms with E-state index >= 15 is 0 Å². The molecule has 2 aromatic carbocycles. The molecule has 0 aliphatic heterocycles. The maximum atomic E-state index is 8.00. The fraction of sp³-hybridized carbons (Fsp3) is 0. The number of hydrogen-bond acceptors (Lipinski definition) is 1. The Balaban J connectivity index is 0.000000283. The summed E-state index contributed by atoms with van der Waals surface area (Å²) >= 11 is 13.3. The number of hydrogen-bond donors (Lipinski definition) is 0. The second-order valence-corrected chi connectivity index (χ2v) is 6.54. The predicted molar refractivity (Wildman–Crippen MR) is 90.8 cm³/mol. The monoisotopic (exact) mass is 498 g/mol. The number of benzene rings is 2. The summed E-state index contributed by atoms with van der Waals surface area (Å²) in [6.45, 7) is 2.00. The van der Waals surface area contributed by atoms with Crippen molar-refractivity contribution in [3.05, 3.63) is 66.4 Å². The molecular formula is C13H10Br4O. The van der Waals surface area contributed by atoms with Crippen molar-refractivity contribution in [1.82, 2.24) is 0 Å². The Morgan fingerprint density at radius 2 is 0.611 bits per heavy atom. The van der Waals surface area contributed by atoms with Crippen LogP contribution >= 0.6 is 63.7 Å². The normalized spacial score (nSPS) is 8.44. The van der Waals surface area contributed by atoms with E-state index in [2.05, 4.69) is 63.7 Å². The van der Waals surface area contributed by atoms with Gasteiger partial charge in [-0.1, -0.05) is 63.7 Å². The van der Waals surface area contributed by atoms with E-state index < -0.39 is 0 Å². The first-order valence-electron chi connectivity index (χ1n) is 4.69. The van der Waals surface area contributed by atoms with Crippen molar-refractivity contribution >= 4 is 70.5 Å². The van der Waals surface area contributed by atoms with Crippen molar-refractivity contribution in [2.24, 2.45) is 0 Å². The fourth-order valence-electron chi connectivity index (χ4n) is 0.859. The molecule has 2 aromatic rings. The van der Waals surface area contributed by atoms with Gasteiger partial charge < -0.3 is 4.79 Å². The molecule has 2 rings (SSSR count). The minimum atomic E-state index is 1.11. The Morgan fingerprint density at radius 1 is 0.500 bits per heavy atom. The molecule has 5 heteroatoms. The number of rotatable bonds is 0. The lowest BCUT2D eigenvalue weighted by Gasteiger charge is -1.86. The van der Waals surface area contributed by atoms with Crippen molar-refractivity contribution in [3.63, 3.8) is 0 Å². The van der Waals surface area contributed by atoms with Crippen LogP contribution in [0.4, 0.5) is 0 Å². The summed E-state index contributed by atoms with van der Waals surface area (Å²) in [4.78, 5) is 8.00. The number of carbonyl (C=O) groups is 1. The zero-order chi connectivity index (χ0) is 14.0. The lowest BCUT2D eigenvalue weighted by Crippen LogP contribution is -1.61. The highest BCUT2D eigenvalue weighted by atomic mass is 79.9. The number of halogens is 4. The maximum absolute atomic E-state index is 8.00. The third-order valence-corrected chi connectivity index (χ3v) is 3.72. The smallest absolute Gasteiger partial charge is 0.106 e. The lowest BCUT2D eigenvalue weighted by molar-refractivity contribution is -0.0979. The first-order valence-corrected chi connectivity index (χ1v) is 7.86. The Morgan fingerprint density at radius 3 is 0.722 bits per heavy atom. The van der Waals surface area contributed by atoms with Gasteiger partial charge >= 0.3 is 0 Å². The second-order valence-electron chi connectivity index (χ2n) is 2.87. The van der Waals surface area contributed by atoms with Gasteiger partial charge in [-0.15, -0.1) is 0 Å². The minimum absolute atomic E-state index is 1.11. The van der Waals surface area contributed by atoms with Crippen molar-refractivity contribution < 1.29 is 4.79 Å². The molecule has 0 saturated heterocycles. The van der Waals surface area contributed by atoms with E-state index in [1.807, 2.05) is 55.3 Å². The average Bonchev–Trinajstić information content (AvgIpc) is 2.40. The van der Waals surface area contributed by atoms with Crippen molar-refractivity contribution in [2.75, 3.05) is 0 Å². The molecule has 96 valence electrons. The third-order valence-electron chi connectivity index (χ3n) is 1.61. The Labute approximate surface area is 140 Å². The van der Waals surface area contributed by atoms with Crippen LogP contribution < -0.4 is 0 Å². The number of carbonyl (C=O) groups excluding carboxylic acids is 1. The van der Waals surface area contributed by atoms with E-state index in [4.69, 9.17) is 4.79 Å². The van der Waals surface area contributed by atoms with E-state index in [1.165, 1.54) is 0 Å². The Kier molecular flexibility index (Phi) is 10.9. The van der Waals surface area contributed by atoms with Gasteiger partial charge in [0.15, 0.2) is 0 Å². The van der Waals surface area contributed by atoms with Crippen molar-refractivity contribution in [2.45, 2.75) is 0 Å². The molecule has 0 aromatic heterocycles. The predicted octanol–water partition coefficient (Wildman–Crippen LogP) is 6.24. The van der Waals surface area contributed by atoms with Gasteiger partial charge in [-0.2, -0.15) is 0 Å². The quantitative estimate of drug-likeness (QED) is 0.418. The Bertz CT molecular complexity index is 354. The summed E-state index contributed by atoms with van der Waals surface area (Å²) in [5.74, 6) is 0. The average molecular weight is 502 g/mol. The van der Waals surface area contributed by atoms with Crippen LogP contribution in [0.5, 0.6) is 0 Å². The van der Waals surface area contributed by atoms with Gasteiger partial charge in [0.05, 0.1) is 0 Å². The molecular weight excluding hydrogens is 492 g/mol. The second kappa shape index (κ2) is 10.9. The van der Waals surface area contributed by atoms with Crippen LogP contribution in [-0.4, -0.2) is 6.79 Å². The van der Waals surface area contributed by atoms with E-state index in [-0.39, 0.29) is 0 Å². The largest absolute Gasteiger partial charge is 0.307 e. The summed E-state index contributed by atoms with van der Waals surface area (Å²) in [6.07, 6.45) is 0. The molecule has 0 aliphatic carbocycles. The lowest BCUT2D eigenvalue weighted by atomic mass is 10.4. The molecule has 0 atom stereocenters. The highest BCUT2D eigenvalue weighted by Crippen LogP contribution is 2.14. The fourth-order valence-corrected chi connectivity index (χ4v) is 1.92. The molecule has 0 bridgehead atoms. The summed E-state index contributed by atoms with van der Waals surface area (Å²) in [5, 5.41) is 0. The summed E-state index contributed by atoms with van der Waals surface area (Å²) in [5.41, 5.74) is 0. The molecule has 0 N–H and O–H groups in total. The van der Waals surface area contributed by atoms with E-state index in [0.29, 0.717) is 0 Å². The minimum Gasteiger partial charge on any atom is -0.307 e. The first-order chi connectivity index (χ1) is 8.58. The zero-order valence-corrected chi connectivity index (χ0v) is 15.6. The van der Waals surface area contributed by atoms with Crippen molar-refractivity contribution in [1.29, 1.82) is 0 Å². The molecule has 1 nitrogen and oxygen atoms in total. The summed E-state index contributed by atoms with van der Waals surface area (Å²) in [6, 6.07) is 15.9. The van der Waals surface area contributed by atoms with Gasteiger partial charge in [0.1, 0.15) is 6.79 Å². The molecule has 0 fully saturated rings. The van der Waals surface area contributed by atoms with Crippen LogP contribution in [0.3, 0.4) is 0 Å². The van der Waals surface area contributed by atoms with Crippen LogP contribution in [-0.2, 0) is 4.79 Å². The molecule has 0 radical (unpaired) electrons. The zero-order valence-electron chi connectivity index (χ0n) is 9.25. The molecule has 0 aliphatic rings. The van der Waals surface area contributed by atoms with E-state index in [1.54, 1.807) is 0 Å². The Hall–Kier alpha value is 0.0300. The van der Waals surface area contributed by atoms with Gasteiger partial charge in [0, 0.05) is 17.9 Å². The maximum Gasteiger partial charge on any atom is 0.106 e. The third kappa shape index (κ3) is 9.03.